The molecule has 0 aliphatic carbocycles. The van der Waals surface area contributed by atoms with Crippen molar-refractivity contribution < 1.29 is 4.74 Å². The van der Waals surface area contributed by atoms with Crippen LogP contribution in [0.15, 0.2) is 18.2 Å². The van der Waals surface area contributed by atoms with E-state index in [0.717, 1.165) is 25.4 Å². The highest BCUT2D eigenvalue weighted by atomic mass is 16.5. The van der Waals surface area contributed by atoms with Crippen molar-refractivity contribution in [1.82, 2.24) is 5.32 Å². The first kappa shape index (κ1) is 11.5. The molecule has 0 radical (unpaired) electrons. The maximum absolute atomic E-state index is 5.72. The molecular formula is C14H21NO. The molecule has 1 aliphatic heterocycles. The molecule has 1 N–H and O–H groups in total. The Labute approximate surface area is 98.0 Å². The molecule has 1 saturated heterocycles. The van der Waals surface area contributed by atoms with Crippen LogP contribution in [0.25, 0.3) is 0 Å². The van der Waals surface area contributed by atoms with Crippen molar-refractivity contribution in [3.63, 3.8) is 0 Å². The van der Waals surface area contributed by atoms with Crippen LogP contribution in [0, 0.1) is 6.92 Å². The van der Waals surface area contributed by atoms with Crippen LogP contribution < -0.4 is 10.1 Å². The van der Waals surface area contributed by atoms with Gasteiger partial charge in [0.25, 0.3) is 0 Å². The van der Waals surface area contributed by atoms with Crippen molar-refractivity contribution in [2.24, 2.45) is 0 Å². The highest BCUT2D eigenvalue weighted by Crippen LogP contribution is 2.33. The number of rotatable bonds is 3. The van der Waals surface area contributed by atoms with Crippen LogP contribution in [0.2, 0.25) is 0 Å². The van der Waals surface area contributed by atoms with Gasteiger partial charge in [0.1, 0.15) is 5.75 Å². The number of nitrogens with one attached hydrogen (secondary N) is 1. The van der Waals surface area contributed by atoms with Gasteiger partial charge in [0, 0.05) is 0 Å². The number of hydrogen-bond acceptors (Lipinski definition) is 2. The summed E-state index contributed by atoms with van der Waals surface area (Å²) >= 11 is 0. The molecule has 0 spiro atoms. The van der Waals surface area contributed by atoms with Crippen LogP contribution in [-0.4, -0.2) is 19.7 Å². The van der Waals surface area contributed by atoms with E-state index in [-0.39, 0.29) is 0 Å². The van der Waals surface area contributed by atoms with Crippen molar-refractivity contribution in [3.05, 3.63) is 29.3 Å². The third-order valence-corrected chi connectivity index (χ3v) is 3.24. The number of ether oxygens (including phenoxy) is 1. The summed E-state index contributed by atoms with van der Waals surface area (Å²) < 4.78 is 5.72. The highest BCUT2D eigenvalue weighted by molar-refractivity contribution is 5.39. The van der Waals surface area contributed by atoms with Gasteiger partial charge in [-0.1, -0.05) is 17.7 Å². The molecule has 0 unspecified atom stereocenters. The van der Waals surface area contributed by atoms with Crippen LogP contribution in [-0.2, 0) is 0 Å². The Kier molecular flexibility index (Phi) is 3.83. The molecule has 0 atom stereocenters. The standard InChI is InChI=1S/C14H21NO/c1-3-16-14-5-4-11(2)10-13(14)12-6-8-15-9-7-12/h4-5,10,12,15H,3,6-9H2,1-2H3. The molecule has 1 heterocycles. The van der Waals surface area contributed by atoms with Crippen LogP contribution in [0.3, 0.4) is 0 Å². The van der Waals surface area contributed by atoms with E-state index in [1.54, 1.807) is 0 Å². The molecule has 2 rings (SSSR count). The van der Waals surface area contributed by atoms with Gasteiger partial charge in [0.05, 0.1) is 6.61 Å². The van der Waals surface area contributed by atoms with E-state index < -0.39 is 0 Å². The van der Waals surface area contributed by atoms with Gasteiger partial charge in [0.15, 0.2) is 0 Å². The van der Waals surface area contributed by atoms with Crippen LogP contribution in [0.5, 0.6) is 5.75 Å². The highest BCUT2D eigenvalue weighted by Gasteiger charge is 2.18. The lowest BCUT2D eigenvalue weighted by molar-refractivity contribution is 0.329. The predicted octanol–water partition coefficient (Wildman–Crippen LogP) is 2.86. The predicted molar refractivity (Wildman–Crippen MR) is 67.2 cm³/mol. The first-order chi connectivity index (χ1) is 7.81. The first-order valence-corrected chi connectivity index (χ1v) is 6.25. The molecule has 0 bridgehead atoms. The molecule has 2 nitrogen and oxygen atoms in total. The van der Waals surface area contributed by atoms with Crippen molar-refractivity contribution in [2.45, 2.75) is 32.6 Å². The Hall–Kier alpha value is -1.02. The van der Waals surface area contributed by atoms with Crippen LogP contribution >= 0.6 is 0 Å². The van der Waals surface area contributed by atoms with Gasteiger partial charge in [0.2, 0.25) is 0 Å². The molecule has 0 saturated carbocycles. The molecule has 0 amide bonds. The van der Waals surface area contributed by atoms with Crippen LogP contribution in [0.4, 0.5) is 0 Å². The minimum absolute atomic E-state index is 0.669. The van der Waals surface area contributed by atoms with Crippen molar-refractivity contribution in [2.75, 3.05) is 19.7 Å². The maximum Gasteiger partial charge on any atom is 0.122 e. The lowest BCUT2D eigenvalue weighted by Gasteiger charge is -2.25. The van der Waals surface area contributed by atoms with Crippen LogP contribution in [0.1, 0.15) is 36.8 Å². The van der Waals surface area contributed by atoms with E-state index in [9.17, 15) is 0 Å². The summed E-state index contributed by atoms with van der Waals surface area (Å²) in [6.07, 6.45) is 2.45. The minimum Gasteiger partial charge on any atom is -0.494 e. The topological polar surface area (TPSA) is 21.3 Å². The van der Waals surface area contributed by atoms with Gasteiger partial charge in [-0.15, -0.1) is 0 Å². The minimum atomic E-state index is 0.669. The summed E-state index contributed by atoms with van der Waals surface area (Å²) in [4.78, 5) is 0. The molecule has 88 valence electrons. The Bertz CT molecular complexity index is 343. The van der Waals surface area contributed by atoms with Crippen molar-refractivity contribution in [1.29, 1.82) is 0 Å². The fraction of sp³-hybridized carbons (Fsp3) is 0.571. The molecule has 1 fully saturated rings. The second-order valence-corrected chi connectivity index (χ2v) is 4.50. The zero-order valence-electron chi connectivity index (χ0n) is 10.3. The summed E-state index contributed by atoms with van der Waals surface area (Å²) in [5.41, 5.74) is 2.74. The van der Waals surface area contributed by atoms with Gasteiger partial charge in [-0.2, -0.15) is 0 Å². The zero-order chi connectivity index (χ0) is 11.4. The number of piperidine rings is 1. The normalized spacial score (nSPS) is 17.4. The van der Waals surface area contributed by atoms with E-state index in [2.05, 4.69) is 30.4 Å². The van der Waals surface area contributed by atoms with Gasteiger partial charge >= 0.3 is 0 Å². The number of benzene rings is 1. The van der Waals surface area contributed by atoms with Gasteiger partial charge in [-0.25, -0.2) is 0 Å². The third-order valence-electron chi connectivity index (χ3n) is 3.24. The fourth-order valence-electron chi connectivity index (χ4n) is 2.41. The Morgan fingerprint density at radius 3 is 2.75 bits per heavy atom. The van der Waals surface area contributed by atoms with Gasteiger partial charge in [-0.3, -0.25) is 0 Å². The molecule has 1 aromatic carbocycles. The SMILES string of the molecule is CCOc1ccc(C)cc1C1CCNCC1. The number of aryl methyl sites for hydroxylation is 1. The monoisotopic (exact) mass is 219 g/mol. The fourth-order valence-corrected chi connectivity index (χ4v) is 2.41. The average Bonchev–Trinajstić information content (AvgIpc) is 2.33. The Morgan fingerprint density at radius 2 is 2.06 bits per heavy atom. The molecule has 1 aliphatic rings. The molecule has 1 aromatic rings. The van der Waals surface area contributed by atoms with E-state index in [0.29, 0.717) is 5.92 Å². The zero-order valence-corrected chi connectivity index (χ0v) is 10.3. The lowest BCUT2D eigenvalue weighted by Crippen LogP contribution is -2.26. The average molecular weight is 219 g/mol. The summed E-state index contributed by atoms with van der Waals surface area (Å²) in [7, 11) is 0. The second kappa shape index (κ2) is 5.35. The molecular weight excluding hydrogens is 198 g/mol. The Morgan fingerprint density at radius 1 is 1.31 bits per heavy atom. The Balaban J connectivity index is 2.24. The lowest BCUT2D eigenvalue weighted by atomic mass is 9.89. The molecule has 2 heteroatoms. The summed E-state index contributed by atoms with van der Waals surface area (Å²) in [6.45, 7) is 7.21. The van der Waals surface area contributed by atoms with Crippen molar-refractivity contribution >= 4 is 0 Å². The number of hydrogen-bond donors (Lipinski definition) is 1. The van der Waals surface area contributed by atoms with Crippen molar-refractivity contribution in [3.8, 4) is 5.75 Å². The molecule has 0 aromatic heterocycles. The summed E-state index contributed by atoms with van der Waals surface area (Å²) in [5.74, 6) is 1.75. The van der Waals surface area contributed by atoms with E-state index in [1.807, 2.05) is 6.92 Å². The quantitative estimate of drug-likeness (QED) is 0.844. The van der Waals surface area contributed by atoms with E-state index in [1.165, 1.54) is 24.0 Å². The largest absolute Gasteiger partial charge is 0.494 e. The first-order valence-electron chi connectivity index (χ1n) is 6.25. The van der Waals surface area contributed by atoms with E-state index >= 15 is 0 Å². The third kappa shape index (κ3) is 2.56. The smallest absolute Gasteiger partial charge is 0.122 e. The second-order valence-electron chi connectivity index (χ2n) is 4.50. The van der Waals surface area contributed by atoms with Gasteiger partial charge < -0.3 is 10.1 Å². The summed E-state index contributed by atoms with van der Waals surface area (Å²) in [6, 6.07) is 6.55. The maximum atomic E-state index is 5.72. The van der Waals surface area contributed by atoms with Gasteiger partial charge in [-0.05, 0) is 57.3 Å². The summed E-state index contributed by atoms with van der Waals surface area (Å²) in [5, 5.41) is 3.41. The van der Waals surface area contributed by atoms with E-state index in [4.69, 9.17) is 4.74 Å². The molecule has 16 heavy (non-hydrogen) atoms.